The van der Waals surface area contributed by atoms with Gasteiger partial charge in [-0.1, -0.05) is 6.92 Å². The molecule has 0 amide bonds. The van der Waals surface area contributed by atoms with Gasteiger partial charge in [0.2, 0.25) is 0 Å². The van der Waals surface area contributed by atoms with E-state index in [1.165, 1.54) is 0 Å². The van der Waals surface area contributed by atoms with Gasteiger partial charge in [-0.05, 0) is 6.42 Å². The van der Waals surface area contributed by atoms with Crippen molar-refractivity contribution in [2.45, 2.75) is 25.9 Å². The minimum atomic E-state index is -5.08. The molecule has 0 aliphatic heterocycles. The summed E-state index contributed by atoms with van der Waals surface area (Å²) in [6, 6.07) is 0. The van der Waals surface area contributed by atoms with E-state index in [2.05, 4.69) is 10.7 Å². The Balaban J connectivity index is 0. The Kier molecular flexibility index (Phi) is 7.73. The van der Waals surface area contributed by atoms with Crippen LogP contribution in [0.25, 0.3) is 0 Å². The van der Waals surface area contributed by atoms with Crippen molar-refractivity contribution < 1.29 is 32.7 Å². The summed E-state index contributed by atoms with van der Waals surface area (Å²) in [5.74, 6) is 1.41. The number of hydrogen-bond donors (Lipinski definition) is 2. The van der Waals surface area contributed by atoms with Crippen molar-refractivity contribution in [2.75, 3.05) is 0 Å². The van der Waals surface area contributed by atoms with Crippen LogP contribution in [0.3, 0.4) is 0 Å². The Morgan fingerprint density at radius 2 is 1.79 bits per heavy atom. The van der Waals surface area contributed by atoms with Gasteiger partial charge < -0.3 is 9.94 Å². The smallest absolute Gasteiger partial charge is 0.475 e. The fourth-order valence-electron chi connectivity index (χ4n) is 0.263. The molecule has 8 heteroatoms. The quantitative estimate of drug-likeness (QED) is 0.669. The van der Waals surface area contributed by atoms with Crippen LogP contribution in [0.2, 0.25) is 0 Å². The second kappa shape index (κ2) is 7.13. The highest BCUT2D eigenvalue weighted by molar-refractivity contribution is 5.73. The fourth-order valence-corrected chi connectivity index (χ4v) is 0.263. The van der Waals surface area contributed by atoms with E-state index >= 15 is 0 Å². The molecule has 0 aromatic carbocycles. The van der Waals surface area contributed by atoms with E-state index in [1.54, 1.807) is 0 Å². The molecule has 84 valence electrons. The Morgan fingerprint density at radius 1 is 1.43 bits per heavy atom. The van der Waals surface area contributed by atoms with E-state index in [0.717, 1.165) is 6.42 Å². The first-order valence-corrected chi connectivity index (χ1v) is 3.45. The molecule has 0 bridgehead atoms. The molecule has 0 heterocycles. The Labute approximate surface area is 77.6 Å². The van der Waals surface area contributed by atoms with E-state index in [9.17, 15) is 18.0 Å². The molecule has 0 rings (SSSR count). The number of carboxylic acid groups (broad SMARTS) is 1. The highest BCUT2D eigenvalue weighted by Crippen LogP contribution is 2.13. The van der Waals surface area contributed by atoms with Crippen LogP contribution in [-0.2, 0) is 14.4 Å². The largest absolute Gasteiger partial charge is 0.490 e. The highest BCUT2D eigenvalue weighted by atomic mass is 19.4. The molecular formula is C6H10F3NO4. The number of alkyl halides is 3. The topological polar surface area (TPSA) is 89.6 Å². The van der Waals surface area contributed by atoms with Crippen LogP contribution < -0.4 is 5.90 Å². The zero-order chi connectivity index (χ0) is 11.8. The van der Waals surface area contributed by atoms with Crippen LogP contribution in [0.5, 0.6) is 0 Å². The summed E-state index contributed by atoms with van der Waals surface area (Å²) >= 11 is 0. The highest BCUT2D eigenvalue weighted by Gasteiger charge is 2.38. The van der Waals surface area contributed by atoms with Gasteiger partial charge in [0.05, 0.1) is 0 Å². The average molecular weight is 217 g/mol. The lowest BCUT2D eigenvalue weighted by Gasteiger charge is -1.93. The number of hydrogen-bond acceptors (Lipinski definition) is 4. The molecule has 0 aromatic rings. The number of carbonyl (C=O) groups is 2. The summed E-state index contributed by atoms with van der Waals surface area (Å²) in [6.45, 7) is 1.89. The van der Waals surface area contributed by atoms with Gasteiger partial charge in [-0.15, -0.1) is 0 Å². The van der Waals surface area contributed by atoms with Gasteiger partial charge in [0.1, 0.15) is 0 Å². The molecule has 0 saturated heterocycles. The Bertz CT molecular complexity index is 192. The summed E-state index contributed by atoms with van der Waals surface area (Å²) in [5, 5.41) is 7.12. The third kappa shape index (κ3) is 10.7. The third-order valence-electron chi connectivity index (χ3n) is 0.828. The van der Waals surface area contributed by atoms with Crippen molar-refractivity contribution in [1.82, 2.24) is 0 Å². The number of aliphatic carboxylic acids is 1. The Hall–Kier alpha value is -1.31. The minimum Gasteiger partial charge on any atom is -0.475 e. The summed E-state index contributed by atoms with van der Waals surface area (Å²) < 4.78 is 31.7. The standard InChI is InChI=1S/C4H9NO2.C2HF3O2/c1-2-3-4(6)7-5;3-2(4,5)1(6)7/h2-3,5H2,1H3;(H,6,7). The molecule has 0 unspecified atom stereocenters. The maximum absolute atomic E-state index is 10.6. The summed E-state index contributed by atoms with van der Waals surface area (Å²) in [7, 11) is 0. The van der Waals surface area contributed by atoms with Gasteiger partial charge in [-0.2, -0.15) is 19.1 Å². The maximum Gasteiger partial charge on any atom is 0.490 e. The first-order valence-electron chi connectivity index (χ1n) is 3.45. The molecule has 0 aromatic heterocycles. The maximum atomic E-state index is 10.6. The van der Waals surface area contributed by atoms with E-state index in [-0.39, 0.29) is 5.97 Å². The minimum absolute atomic E-state index is 0.345. The van der Waals surface area contributed by atoms with Crippen molar-refractivity contribution in [3.8, 4) is 0 Å². The number of rotatable bonds is 2. The molecule has 5 nitrogen and oxygen atoms in total. The van der Waals surface area contributed by atoms with Crippen LogP contribution in [0.15, 0.2) is 0 Å². The van der Waals surface area contributed by atoms with Crippen molar-refractivity contribution in [1.29, 1.82) is 0 Å². The molecule has 0 aliphatic rings. The lowest BCUT2D eigenvalue weighted by atomic mass is 10.3. The first kappa shape index (κ1) is 15.2. The van der Waals surface area contributed by atoms with Crippen molar-refractivity contribution in [3.63, 3.8) is 0 Å². The molecular weight excluding hydrogens is 207 g/mol. The van der Waals surface area contributed by atoms with E-state index in [1.807, 2.05) is 6.92 Å². The second-order valence-electron chi connectivity index (χ2n) is 2.04. The molecule has 0 aliphatic carbocycles. The normalized spacial score (nSPS) is 9.79. The Morgan fingerprint density at radius 3 is 1.86 bits per heavy atom. The van der Waals surface area contributed by atoms with Crippen molar-refractivity contribution in [2.24, 2.45) is 5.90 Å². The van der Waals surface area contributed by atoms with Gasteiger partial charge >= 0.3 is 18.1 Å². The monoisotopic (exact) mass is 217 g/mol. The number of carboxylic acids is 1. The van der Waals surface area contributed by atoms with Gasteiger partial charge in [0.15, 0.2) is 0 Å². The number of halogens is 3. The van der Waals surface area contributed by atoms with Crippen LogP contribution in [-0.4, -0.2) is 23.2 Å². The molecule has 3 N–H and O–H groups in total. The predicted molar refractivity (Wildman–Crippen MR) is 38.9 cm³/mol. The zero-order valence-electron chi connectivity index (χ0n) is 7.30. The fraction of sp³-hybridized carbons (Fsp3) is 0.667. The van der Waals surface area contributed by atoms with Gasteiger partial charge in [-0.25, -0.2) is 4.79 Å². The summed E-state index contributed by atoms with van der Waals surface area (Å²) in [5.41, 5.74) is 0. The molecule has 0 spiro atoms. The molecule has 0 radical (unpaired) electrons. The zero-order valence-corrected chi connectivity index (χ0v) is 7.30. The van der Waals surface area contributed by atoms with Crippen LogP contribution in [0.1, 0.15) is 19.8 Å². The van der Waals surface area contributed by atoms with Crippen LogP contribution >= 0.6 is 0 Å². The average Bonchev–Trinajstić information content (AvgIpc) is 2.04. The van der Waals surface area contributed by atoms with Crippen molar-refractivity contribution in [3.05, 3.63) is 0 Å². The van der Waals surface area contributed by atoms with Gasteiger partial charge in [0.25, 0.3) is 0 Å². The van der Waals surface area contributed by atoms with E-state index in [4.69, 9.17) is 9.90 Å². The van der Waals surface area contributed by atoms with Crippen LogP contribution in [0, 0.1) is 0 Å². The van der Waals surface area contributed by atoms with E-state index < -0.39 is 12.1 Å². The summed E-state index contributed by atoms with van der Waals surface area (Å²) in [4.78, 5) is 22.8. The first-order chi connectivity index (χ1) is 6.25. The van der Waals surface area contributed by atoms with Crippen LogP contribution in [0.4, 0.5) is 13.2 Å². The van der Waals surface area contributed by atoms with Gasteiger partial charge in [-0.3, -0.25) is 4.79 Å². The van der Waals surface area contributed by atoms with Crippen molar-refractivity contribution >= 4 is 11.9 Å². The molecule has 0 atom stereocenters. The summed E-state index contributed by atoms with van der Waals surface area (Å²) in [6.07, 6.45) is -3.88. The second-order valence-corrected chi connectivity index (χ2v) is 2.04. The predicted octanol–water partition coefficient (Wildman–Crippen LogP) is 0.837. The number of nitrogens with two attached hydrogens (primary N) is 1. The van der Waals surface area contributed by atoms with Gasteiger partial charge in [0, 0.05) is 6.42 Å². The SMILES string of the molecule is CCCC(=O)ON.O=C(O)C(F)(F)F. The van der Waals surface area contributed by atoms with E-state index in [0.29, 0.717) is 6.42 Å². The lowest BCUT2D eigenvalue weighted by Crippen LogP contribution is -2.21. The lowest BCUT2D eigenvalue weighted by molar-refractivity contribution is -0.192. The molecule has 14 heavy (non-hydrogen) atoms. The molecule has 0 fully saturated rings. The third-order valence-corrected chi connectivity index (χ3v) is 0.828. The number of carbonyl (C=O) groups excluding carboxylic acids is 1. The molecule has 0 saturated carbocycles.